The Morgan fingerprint density at radius 3 is 3.06 bits per heavy atom. The van der Waals surface area contributed by atoms with Gasteiger partial charge in [-0.2, -0.15) is 0 Å². The molecule has 1 aliphatic heterocycles. The molecular weight excluding hydrogens is 214 g/mol. The van der Waals surface area contributed by atoms with Crippen LogP contribution in [0.2, 0.25) is 0 Å². The molecular formula is C14H17NO2. The van der Waals surface area contributed by atoms with Crippen LogP contribution < -0.4 is 5.06 Å². The molecule has 0 fully saturated rings. The minimum atomic E-state index is -0.156. The summed E-state index contributed by atoms with van der Waals surface area (Å²) in [4.78, 5) is 17.0. The minimum Gasteiger partial charge on any atom is -0.341 e. The van der Waals surface area contributed by atoms with Crippen LogP contribution in [-0.4, -0.2) is 12.5 Å². The lowest BCUT2D eigenvalue weighted by Crippen LogP contribution is -2.29. The lowest BCUT2D eigenvalue weighted by molar-refractivity contribution is -0.145. The molecule has 0 saturated carbocycles. The maximum Gasteiger partial charge on any atom is 0.332 e. The van der Waals surface area contributed by atoms with Crippen LogP contribution in [0, 0.1) is 0 Å². The summed E-state index contributed by atoms with van der Waals surface area (Å²) in [6.45, 7) is 2.68. The molecule has 0 radical (unpaired) electrons. The van der Waals surface area contributed by atoms with Gasteiger partial charge in [0, 0.05) is 12.0 Å². The Kier molecular flexibility index (Phi) is 3.81. The highest BCUT2D eigenvalue weighted by Crippen LogP contribution is 2.25. The molecule has 90 valence electrons. The standard InChI is InChI=1S/C14H17NO2/c1-2-3-10-14(16)17-15-11-6-8-12-7-4-5-9-13(12)15/h4-9H,2-3,10-11H2,1H3. The third-order valence-corrected chi connectivity index (χ3v) is 2.72. The van der Waals surface area contributed by atoms with Gasteiger partial charge in [0.25, 0.3) is 0 Å². The number of fused-ring (bicyclic) bond motifs is 1. The van der Waals surface area contributed by atoms with Crippen molar-refractivity contribution in [3.63, 3.8) is 0 Å². The lowest BCUT2D eigenvalue weighted by atomic mass is 10.1. The first-order valence-electron chi connectivity index (χ1n) is 6.05. The summed E-state index contributed by atoms with van der Waals surface area (Å²) < 4.78 is 0. The number of hydrogen-bond donors (Lipinski definition) is 0. The molecule has 0 unspecified atom stereocenters. The van der Waals surface area contributed by atoms with Crippen LogP contribution in [0.15, 0.2) is 30.3 Å². The van der Waals surface area contributed by atoms with E-state index in [2.05, 4.69) is 6.92 Å². The highest BCUT2D eigenvalue weighted by molar-refractivity contribution is 5.74. The van der Waals surface area contributed by atoms with Crippen LogP contribution in [0.25, 0.3) is 6.08 Å². The average Bonchev–Trinajstić information content (AvgIpc) is 2.37. The predicted octanol–water partition coefficient (Wildman–Crippen LogP) is 3.17. The molecule has 1 aromatic rings. The fourth-order valence-electron chi connectivity index (χ4n) is 1.81. The van der Waals surface area contributed by atoms with Crippen molar-refractivity contribution < 1.29 is 9.63 Å². The van der Waals surface area contributed by atoms with Crippen LogP contribution in [0.5, 0.6) is 0 Å². The van der Waals surface area contributed by atoms with Crippen molar-refractivity contribution in [1.29, 1.82) is 0 Å². The van der Waals surface area contributed by atoms with Gasteiger partial charge in [-0.25, -0.2) is 9.86 Å². The number of unbranched alkanes of at least 4 members (excludes halogenated alkanes) is 1. The number of benzene rings is 1. The molecule has 17 heavy (non-hydrogen) atoms. The average molecular weight is 231 g/mol. The summed E-state index contributed by atoms with van der Waals surface area (Å²) in [6.07, 6.45) is 6.41. The summed E-state index contributed by atoms with van der Waals surface area (Å²) in [5.41, 5.74) is 2.04. The van der Waals surface area contributed by atoms with Crippen molar-refractivity contribution in [2.45, 2.75) is 26.2 Å². The van der Waals surface area contributed by atoms with Gasteiger partial charge in [0.2, 0.25) is 0 Å². The minimum absolute atomic E-state index is 0.156. The maximum atomic E-state index is 11.6. The van der Waals surface area contributed by atoms with E-state index in [1.165, 1.54) is 0 Å². The summed E-state index contributed by atoms with van der Waals surface area (Å²) in [7, 11) is 0. The SMILES string of the molecule is CCCCC(=O)ON1CC=Cc2ccccc21. The van der Waals surface area contributed by atoms with Gasteiger partial charge in [0.15, 0.2) is 0 Å². The molecule has 0 aliphatic carbocycles. The smallest absolute Gasteiger partial charge is 0.332 e. The lowest BCUT2D eigenvalue weighted by Gasteiger charge is -2.26. The van der Waals surface area contributed by atoms with Gasteiger partial charge in [0.1, 0.15) is 0 Å². The number of rotatable bonds is 4. The molecule has 1 heterocycles. The Hall–Kier alpha value is -1.77. The molecule has 1 aliphatic rings. The Morgan fingerprint density at radius 1 is 1.41 bits per heavy atom. The van der Waals surface area contributed by atoms with Crippen molar-refractivity contribution in [2.24, 2.45) is 0 Å². The predicted molar refractivity (Wildman–Crippen MR) is 68.4 cm³/mol. The number of anilines is 1. The van der Waals surface area contributed by atoms with Gasteiger partial charge < -0.3 is 4.84 Å². The van der Waals surface area contributed by atoms with E-state index in [1.54, 1.807) is 5.06 Å². The molecule has 2 rings (SSSR count). The molecule has 0 saturated heterocycles. The van der Waals surface area contributed by atoms with E-state index in [-0.39, 0.29) is 5.97 Å². The molecule has 0 atom stereocenters. The highest BCUT2D eigenvalue weighted by Gasteiger charge is 2.16. The fraction of sp³-hybridized carbons (Fsp3) is 0.357. The Labute approximate surface area is 102 Å². The number of para-hydroxylation sites is 1. The van der Waals surface area contributed by atoms with Crippen LogP contribution in [0.3, 0.4) is 0 Å². The van der Waals surface area contributed by atoms with E-state index >= 15 is 0 Å². The van der Waals surface area contributed by atoms with E-state index < -0.39 is 0 Å². The summed E-state index contributed by atoms with van der Waals surface area (Å²) in [6, 6.07) is 7.90. The molecule has 0 N–H and O–H groups in total. The molecule has 0 amide bonds. The van der Waals surface area contributed by atoms with Crippen LogP contribution in [-0.2, 0) is 9.63 Å². The second-order valence-corrected chi connectivity index (χ2v) is 4.09. The second kappa shape index (κ2) is 5.53. The Balaban J connectivity index is 2.03. The van der Waals surface area contributed by atoms with Gasteiger partial charge in [-0.3, -0.25) is 0 Å². The molecule has 0 bridgehead atoms. The normalized spacial score (nSPS) is 13.4. The monoisotopic (exact) mass is 231 g/mol. The van der Waals surface area contributed by atoms with E-state index in [1.807, 2.05) is 36.4 Å². The molecule has 1 aromatic carbocycles. The van der Waals surface area contributed by atoms with Gasteiger partial charge in [-0.05, 0) is 12.5 Å². The molecule has 3 nitrogen and oxygen atoms in total. The molecule has 3 heteroatoms. The first-order valence-corrected chi connectivity index (χ1v) is 6.05. The van der Waals surface area contributed by atoms with Crippen LogP contribution >= 0.6 is 0 Å². The zero-order chi connectivity index (χ0) is 12.1. The fourth-order valence-corrected chi connectivity index (χ4v) is 1.81. The molecule has 0 aromatic heterocycles. The second-order valence-electron chi connectivity index (χ2n) is 4.09. The highest BCUT2D eigenvalue weighted by atomic mass is 16.7. The van der Waals surface area contributed by atoms with E-state index in [9.17, 15) is 4.79 Å². The molecule has 0 spiro atoms. The number of hydroxylamine groups is 1. The third-order valence-electron chi connectivity index (χ3n) is 2.72. The van der Waals surface area contributed by atoms with Gasteiger partial charge in [-0.15, -0.1) is 0 Å². The van der Waals surface area contributed by atoms with Crippen molar-refractivity contribution in [3.8, 4) is 0 Å². The summed E-state index contributed by atoms with van der Waals surface area (Å²) in [5.74, 6) is -0.156. The van der Waals surface area contributed by atoms with Crippen LogP contribution in [0.1, 0.15) is 31.7 Å². The van der Waals surface area contributed by atoms with Crippen molar-refractivity contribution in [1.82, 2.24) is 0 Å². The van der Waals surface area contributed by atoms with E-state index in [0.29, 0.717) is 13.0 Å². The van der Waals surface area contributed by atoms with E-state index in [4.69, 9.17) is 4.84 Å². The van der Waals surface area contributed by atoms with Gasteiger partial charge in [-0.1, -0.05) is 43.7 Å². The number of nitrogens with zero attached hydrogens (tertiary/aromatic N) is 1. The first-order chi connectivity index (χ1) is 8.31. The van der Waals surface area contributed by atoms with Gasteiger partial charge in [0.05, 0.1) is 12.2 Å². The maximum absolute atomic E-state index is 11.6. The number of carbonyl (C=O) groups excluding carboxylic acids is 1. The summed E-state index contributed by atoms with van der Waals surface area (Å²) in [5, 5.41) is 1.66. The topological polar surface area (TPSA) is 29.5 Å². The van der Waals surface area contributed by atoms with Crippen molar-refractivity contribution in [2.75, 3.05) is 11.6 Å². The number of hydrogen-bond acceptors (Lipinski definition) is 3. The van der Waals surface area contributed by atoms with Crippen molar-refractivity contribution in [3.05, 3.63) is 35.9 Å². The quantitative estimate of drug-likeness (QED) is 0.797. The largest absolute Gasteiger partial charge is 0.341 e. The Bertz CT molecular complexity index is 426. The summed E-state index contributed by atoms with van der Waals surface area (Å²) >= 11 is 0. The van der Waals surface area contributed by atoms with E-state index in [0.717, 1.165) is 24.1 Å². The van der Waals surface area contributed by atoms with Crippen LogP contribution in [0.4, 0.5) is 5.69 Å². The Morgan fingerprint density at radius 2 is 2.24 bits per heavy atom. The van der Waals surface area contributed by atoms with Crippen molar-refractivity contribution >= 4 is 17.7 Å². The van der Waals surface area contributed by atoms with Gasteiger partial charge >= 0.3 is 5.97 Å². The number of carbonyl (C=O) groups is 1. The zero-order valence-corrected chi connectivity index (χ0v) is 10.1. The zero-order valence-electron chi connectivity index (χ0n) is 10.1. The first kappa shape index (κ1) is 11.7. The third kappa shape index (κ3) is 2.87.